The van der Waals surface area contributed by atoms with Gasteiger partial charge in [0.05, 0.1) is 23.7 Å². The normalized spacial score (nSPS) is 12.4. The molecule has 0 saturated carbocycles. The van der Waals surface area contributed by atoms with Gasteiger partial charge >= 0.3 is 0 Å². The Labute approximate surface area is 167 Å². The first-order chi connectivity index (χ1) is 13.3. The summed E-state index contributed by atoms with van der Waals surface area (Å²) in [6.07, 6.45) is 0. The van der Waals surface area contributed by atoms with Gasteiger partial charge in [-0.3, -0.25) is 4.31 Å². The van der Waals surface area contributed by atoms with E-state index in [9.17, 15) is 8.42 Å². The number of methoxy groups -OCH3 is 1. The van der Waals surface area contributed by atoms with Crippen molar-refractivity contribution in [1.82, 2.24) is 0 Å². The molecule has 0 N–H and O–H groups in total. The lowest BCUT2D eigenvalue weighted by molar-refractivity contribution is 0.415. The van der Waals surface area contributed by atoms with E-state index in [4.69, 9.17) is 4.74 Å². The quantitative estimate of drug-likeness (QED) is 0.571. The Balaban J connectivity index is 2.12. The molecule has 0 saturated heterocycles. The van der Waals surface area contributed by atoms with Crippen LogP contribution in [0.4, 0.5) is 5.69 Å². The molecule has 0 aromatic heterocycles. The Morgan fingerprint density at radius 3 is 1.79 bits per heavy atom. The summed E-state index contributed by atoms with van der Waals surface area (Å²) in [6.45, 7) is 5.85. The Bertz CT molecular complexity index is 1020. The van der Waals surface area contributed by atoms with Crippen LogP contribution in [-0.2, 0) is 10.0 Å². The Hall–Kier alpha value is -2.79. The van der Waals surface area contributed by atoms with Crippen LogP contribution in [0.5, 0.6) is 5.75 Å². The van der Waals surface area contributed by atoms with Crippen LogP contribution < -0.4 is 9.04 Å². The van der Waals surface area contributed by atoms with Gasteiger partial charge in [0.2, 0.25) is 0 Å². The monoisotopic (exact) mass is 395 g/mol. The Morgan fingerprint density at radius 1 is 0.786 bits per heavy atom. The van der Waals surface area contributed by atoms with Crippen molar-refractivity contribution in [3.8, 4) is 5.75 Å². The molecule has 146 valence electrons. The first-order valence-electron chi connectivity index (χ1n) is 9.14. The van der Waals surface area contributed by atoms with Crippen LogP contribution >= 0.6 is 0 Å². The average Bonchev–Trinajstić information content (AvgIpc) is 2.69. The van der Waals surface area contributed by atoms with Gasteiger partial charge in [0, 0.05) is 0 Å². The highest BCUT2D eigenvalue weighted by Gasteiger charge is 2.30. The smallest absolute Gasteiger partial charge is 0.264 e. The van der Waals surface area contributed by atoms with Gasteiger partial charge in [-0.05, 0) is 62.7 Å². The maximum Gasteiger partial charge on any atom is 0.264 e. The zero-order chi connectivity index (χ0) is 20.3. The third-order valence-corrected chi connectivity index (χ3v) is 6.73. The van der Waals surface area contributed by atoms with E-state index in [-0.39, 0.29) is 10.9 Å². The Morgan fingerprint density at radius 2 is 1.29 bits per heavy atom. The van der Waals surface area contributed by atoms with Crippen LogP contribution in [0.25, 0.3) is 0 Å². The van der Waals surface area contributed by atoms with Gasteiger partial charge in [-0.2, -0.15) is 0 Å². The van der Waals surface area contributed by atoms with Crippen molar-refractivity contribution in [1.29, 1.82) is 0 Å². The van der Waals surface area contributed by atoms with Crippen LogP contribution in [0.3, 0.4) is 0 Å². The number of hydrogen-bond donors (Lipinski definition) is 0. The largest absolute Gasteiger partial charge is 0.497 e. The van der Waals surface area contributed by atoms with E-state index < -0.39 is 10.0 Å². The highest BCUT2D eigenvalue weighted by molar-refractivity contribution is 7.92. The molecular weight excluding hydrogens is 370 g/mol. The summed E-state index contributed by atoms with van der Waals surface area (Å²) in [7, 11) is -2.17. The number of anilines is 1. The van der Waals surface area contributed by atoms with Crippen LogP contribution in [0.2, 0.25) is 0 Å². The maximum absolute atomic E-state index is 13.6. The summed E-state index contributed by atoms with van der Waals surface area (Å²) in [5.41, 5.74) is 3.67. The number of benzene rings is 3. The van der Waals surface area contributed by atoms with Gasteiger partial charge in [0.15, 0.2) is 0 Å². The summed E-state index contributed by atoms with van der Waals surface area (Å²) in [5.74, 6) is 0.680. The van der Waals surface area contributed by atoms with Gasteiger partial charge in [-0.25, -0.2) is 8.42 Å². The van der Waals surface area contributed by atoms with Gasteiger partial charge < -0.3 is 4.74 Å². The predicted octanol–water partition coefficient (Wildman–Crippen LogP) is 5.27. The maximum atomic E-state index is 13.6. The molecule has 5 heteroatoms. The molecule has 0 aliphatic heterocycles. The fourth-order valence-corrected chi connectivity index (χ4v) is 4.75. The van der Waals surface area contributed by atoms with E-state index in [0.29, 0.717) is 11.4 Å². The molecule has 0 amide bonds. The zero-order valence-corrected chi connectivity index (χ0v) is 17.4. The highest BCUT2D eigenvalue weighted by Crippen LogP contribution is 2.34. The van der Waals surface area contributed by atoms with Crippen LogP contribution in [0, 0.1) is 13.8 Å². The fourth-order valence-electron chi connectivity index (χ4n) is 3.10. The molecule has 0 radical (unpaired) electrons. The van der Waals surface area contributed by atoms with Gasteiger partial charge in [0.25, 0.3) is 10.0 Å². The molecular formula is C23H25NO3S. The van der Waals surface area contributed by atoms with Crippen molar-refractivity contribution in [2.45, 2.75) is 31.7 Å². The minimum absolute atomic E-state index is 0.271. The number of rotatable bonds is 6. The fraction of sp³-hybridized carbons (Fsp3) is 0.217. The molecule has 0 aliphatic rings. The van der Waals surface area contributed by atoms with E-state index in [0.717, 1.165) is 16.7 Å². The van der Waals surface area contributed by atoms with E-state index >= 15 is 0 Å². The molecule has 0 spiro atoms. The molecule has 1 atom stereocenters. The topological polar surface area (TPSA) is 46.6 Å². The Kier molecular flexibility index (Phi) is 5.75. The highest BCUT2D eigenvalue weighted by atomic mass is 32.2. The van der Waals surface area contributed by atoms with Crippen LogP contribution in [0.1, 0.15) is 29.7 Å². The lowest BCUT2D eigenvalue weighted by Crippen LogP contribution is -2.33. The van der Waals surface area contributed by atoms with E-state index in [2.05, 4.69) is 0 Å². The van der Waals surface area contributed by atoms with Crippen molar-refractivity contribution in [3.05, 3.63) is 89.5 Å². The van der Waals surface area contributed by atoms with E-state index in [1.165, 1.54) is 4.31 Å². The minimum atomic E-state index is -3.76. The van der Waals surface area contributed by atoms with Crippen molar-refractivity contribution in [2.75, 3.05) is 11.4 Å². The molecule has 0 fully saturated rings. The van der Waals surface area contributed by atoms with E-state index in [1.54, 1.807) is 43.5 Å². The van der Waals surface area contributed by atoms with Gasteiger partial charge in [-0.15, -0.1) is 0 Å². The molecule has 4 nitrogen and oxygen atoms in total. The summed E-state index contributed by atoms with van der Waals surface area (Å²) in [6, 6.07) is 21.6. The lowest BCUT2D eigenvalue weighted by atomic mass is 10.1. The number of nitrogens with zero attached hydrogens (tertiary/aromatic N) is 1. The number of aryl methyl sites for hydroxylation is 2. The number of ether oxygens (including phenoxy) is 1. The minimum Gasteiger partial charge on any atom is -0.497 e. The van der Waals surface area contributed by atoms with Crippen molar-refractivity contribution < 1.29 is 13.2 Å². The van der Waals surface area contributed by atoms with Crippen molar-refractivity contribution >= 4 is 15.7 Å². The third-order valence-electron chi connectivity index (χ3n) is 4.82. The first-order valence-corrected chi connectivity index (χ1v) is 10.6. The van der Waals surface area contributed by atoms with Crippen molar-refractivity contribution in [2.24, 2.45) is 0 Å². The molecule has 0 aliphatic carbocycles. The third kappa shape index (κ3) is 4.04. The average molecular weight is 396 g/mol. The second-order valence-corrected chi connectivity index (χ2v) is 8.71. The van der Waals surface area contributed by atoms with Crippen molar-refractivity contribution in [3.63, 3.8) is 0 Å². The molecule has 0 bridgehead atoms. The summed E-state index contributed by atoms with van der Waals surface area (Å²) in [4.78, 5) is 0.271. The summed E-state index contributed by atoms with van der Waals surface area (Å²) in [5, 5.41) is 0. The first kappa shape index (κ1) is 20.0. The number of sulfonamides is 1. The summed E-state index contributed by atoms with van der Waals surface area (Å²) >= 11 is 0. The second kappa shape index (κ2) is 8.07. The summed E-state index contributed by atoms with van der Waals surface area (Å²) < 4.78 is 33.8. The predicted molar refractivity (Wildman–Crippen MR) is 113 cm³/mol. The van der Waals surface area contributed by atoms with E-state index in [1.807, 2.05) is 57.2 Å². The molecule has 1 unspecified atom stereocenters. The zero-order valence-electron chi connectivity index (χ0n) is 16.6. The van der Waals surface area contributed by atoms with Gasteiger partial charge in [0.1, 0.15) is 5.75 Å². The second-order valence-electron chi connectivity index (χ2n) is 6.90. The molecule has 3 rings (SSSR count). The number of hydrogen-bond acceptors (Lipinski definition) is 3. The SMILES string of the molecule is COc1ccc(N(C(C)c2ccc(C)cc2)S(=O)(=O)c2ccc(C)cc2)cc1. The standard InChI is InChI=1S/C23H25NO3S/c1-17-5-9-20(10-6-17)19(3)24(21-11-13-22(27-4)14-12-21)28(25,26)23-15-7-18(2)8-16-23/h5-16,19H,1-4H3. The molecule has 28 heavy (non-hydrogen) atoms. The lowest BCUT2D eigenvalue weighted by Gasteiger charge is -2.31. The van der Waals surface area contributed by atoms with Gasteiger partial charge in [-0.1, -0.05) is 47.5 Å². The molecule has 0 heterocycles. The van der Waals surface area contributed by atoms with Crippen LogP contribution in [-0.4, -0.2) is 15.5 Å². The molecule has 3 aromatic rings. The van der Waals surface area contributed by atoms with Crippen LogP contribution in [0.15, 0.2) is 77.7 Å². The molecule has 3 aromatic carbocycles.